The van der Waals surface area contributed by atoms with Crippen LogP contribution in [0.4, 0.5) is 0 Å². The van der Waals surface area contributed by atoms with E-state index in [1.165, 1.54) is 0 Å². The Labute approximate surface area is 114 Å². The molecule has 3 nitrogen and oxygen atoms in total. The Bertz CT molecular complexity index is 515. The Hall–Kier alpha value is -1.51. The van der Waals surface area contributed by atoms with Gasteiger partial charge < -0.3 is 9.73 Å². The van der Waals surface area contributed by atoms with E-state index < -0.39 is 0 Å². The fourth-order valence-electron chi connectivity index (χ4n) is 3.89. The van der Waals surface area contributed by atoms with E-state index in [-0.39, 0.29) is 16.7 Å². The van der Waals surface area contributed by atoms with Gasteiger partial charge in [0.2, 0.25) is 5.91 Å². The average Bonchev–Trinajstić information content (AvgIpc) is 3.07. The lowest BCUT2D eigenvalue weighted by Crippen LogP contribution is -2.41. The first-order valence-electron chi connectivity index (χ1n) is 6.97. The summed E-state index contributed by atoms with van der Waals surface area (Å²) in [7, 11) is 0. The Morgan fingerprint density at radius 1 is 1.58 bits per heavy atom. The zero-order valence-electron chi connectivity index (χ0n) is 11.7. The average molecular weight is 259 g/mol. The molecular formula is C16H21NO2. The molecule has 2 atom stereocenters. The van der Waals surface area contributed by atoms with E-state index in [0.29, 0.717) is 12.5 Å². The minimum Gasteiger partial charge on any atom is -0.467 e. The van der Waals surface area contributed by atoms with Gasteiger partial charge in [-0.15, -0.1) is 0 Å². The third kappa shape index (κ3) is 1.67. The van der Waals surface area contributed by atoms with Crippen molar-refractivity contribution in [3.63, 3.8) is 0 Å². The van der Waals surface area contributed by atoms with Crippen molar-refractivity contribution in [3.8, 4) is 0 Å². The maximum absolute atomic E-state index is 12.6. The molecular weight excluding hydrogens is 238 g/mol. The normalized spacial score (nSPS) is 31.7. The first-order chi connectivity index (χ1) is 8.97. The molecule has 2 saturated carbocycles. The van der Waals surface area contributed by atoms with Gasteiger partial charge in [-0.25, -0.2) is 0 Å². The van der Waals surface area contributed by atoms with Crippen molar-refractivity contribution < 1.29 is 9.21 Å². The van der Waals surface area contributed by atoms with Gasteiger partial charge >= 0.3 is 0 Å². The molecule has 19 heavy (non-hydrogen) atoms. The molecule has 3 heteroatoms. The molecule has 0 spiro atoms. The van der Waals surface area contributed by atoms with Gasteiger partial charge in [0.25, 0.3) is 0 Å². The predicted octanol–water partition coefficient (Wildman–Crippen LogP) is 3.28. The minimum atomic E-state index is -0.333. The van der Waals surface area contributed by atoms with Gasteiger partial charge in [-0.05, 0) is 42.7 Å². The molecule has 1 N–H and O–H groups in total. The first-order valence-corrected chi connectivity index (χ1v) is 6.97. The fourth-order valence-corrected chi connectivity index (χ4v) is 3.89. The van der Waals surface area contributed by atoms with E-state index in [0.717, 1.165) is 30.6 Å². The van der Waals surface area contributed by atoms with Crippen molar-refractivity contribution >= 4 is 5.91 Å². The number of nitrogens with one attached hydrogen (secondary N) is 1. The van der Waals surface area contributed by atoms with Crippen molar-refractivity contribution in [3.05, 3.63) is 36.3 Å². The van der Waals surface area contributed by atoms with Gasteiger partial charge in [0.1, 0.15) is 5.76 Å². The Balaban J connectivity index is 1.75. The molecule has 1 heterocycles. The summed E-state index contributed by atoms with van der Waals surface area (Å²) >= 11 is 0. The van der Waals surface area contributed by atoms with Gasteiger partial charge in [-0.1, -0.05) is 26.0 Å². The molecule has 2 aliphatic rings. The molecule has 2 aliphatic carbocycles. The lowest BCUT2D eigenvalue weighted by Gasteiger charge is -2.37. The molecule has 102 valence electrons. The second-order valence-corrected chi connectivity index (χ2v) is 6.48. The monoisotopic (exact) mass is 259 g/mol. The van der Waals surface area contributed by atoms with Crippen LogP contribution < -0.4 is 5.32 Å². The lowest BCUT2D eigenvalue weighted by molar-refractivity contribution is -0.129. The lowest BCUT2D eigenvalue weighted by atomic mass is 9.68. The second-order valence-electron chi connectivity index (χ2n) is 6.48. The maximum Gasteiger partial charge on any atom is 0.230 e. The summed E-state index contributed by atoms with van der Waals surface area (Å²) in [6.45, 7) is 9.15. The zero-order chi connectivity index (χ0) is 13.7. The van der Waals surface area contributed by atoms with Gasteiger partial charge in [0.15, 0.2) is 0 Å². The summed E-state index contributed by atoms with van der Waals surface area (Å²) in [6.07, 6.45) is 4.68. The van der Waals surface area contributed by atoms with Crippen LogP contribution in [-0.4, -0.2) is 5.91 Å². The molecule has 2 bridgehead atoms. The van der Waals surface area contributed by atoms with Crippen molar-refractivity contribution in [2.45, 2.75) is 39.7 Å². The van der Waals surface area contributed by atoms with Crippen LogP contribution >= 0.6 is 0 Å². The number of carbonyl (C=O) groups is 1. The van der Waals surface area contributed by atoms with Gasteiger partial charge in [-0.3, -0.25) is 4.79 Å². The number of furan rings is 1. The van der Waals surface area contributed by atoms with Crippen molar-refractivity contribution in [1.29, 1.82) is 0 Å². The number of hydrogen-bond acceptors (Lipinski definition) is 2. The Morgan fingerprint density at radius 2 is 2.37 bits per heavy atom. The molecule has 3 rings (SSSR count). The zero-order valence-corrected chi connectivity index (χ0v) is 11.7. The third-order valence-corrected chi connectivity index (χ3v) is 5.33. The van der Waals surface area contributed by atoms with E-state index in [1.807, 2.05) is 12.1 Å². The van der Waals surface area contributed by atoms with Crippen LogP contribution in [0.3, 0.4) is 0 Å². The molecule has 2 fully saturated rings. The summed E-state index contributed by atoms with van der Waals surface area (Å²) in [5.41, 5.74) is 0.884. The van der Waals surface area contributed by atoms with Crippen LogP contribution in [0.25, 0.3) is 0 Å². The van der Waals surface area contributed by atoms with Crippen molar-refractivity contribution in [2.24, 2.45) is 16.7 Å². The Morgan fingerprint density at radius 3 is 2.95 bits per heavy atom. The number of hydrogen-bond donors (Lipinski definition) is 1. The first kappa shape index (κ1) is 12.5. The topological polar surface area (TPSA) is 42.2 Å². The van der Waals surface area contributed by atoms with E-state index in [1.54, 1.807) is 6.26 Å². The molecule has 1 aromatic heterocycles. The van der Waals surface area contributed by atoms with Crippen molar-refractivity contribution in [2.75, 3.05) is 0 Å². The molecule has 0 aromatic carbocycles. The molecule has 1 amide bonds. The number of carbonyl (C=O) groups excluding carboxylic acids is 1. The quantitative estimate of drug-likeness (QED) is 0.846. The smallest absolute Gasteiger partial charge is 0.230 e. The number of rotatable bonds is 3. The summed E-state index contributed by atoms with van der Waals surface area (Å²) in [6, 6.07) is 3.71. The van der Waals surface area contributed by atoms with Crippen molar-refractivity contribution in [1.82, 2.24) is 5.32 Å². The molecule has 1 aromatic rings. The van der Waals surface area contributed by atoms with Crippen LogP contribution in [-0.2, 0) is 11.3 Å². The molecule has 0 aliphatic heterocycles. The van der Waals surface area contributed by atoms with Gasteiger partial charge in [0, 0.05) is 0 Å². The predicted molar refractivity (Wildman–Crippen MR) is 73.2 cm³/mol. The fraction of sp³-hybridized carbons (Fsp3) is 0.562. The Kier molecular flexibility index (Phi) is 2.63. The summed E-state index contributed by atoms with van der Waals surface area (Å²) < 4.78 is 5.25. The summed E-state index contributed by atoms with van der Waals surface area (Å²) in [4.78, 5) is 12.6. The highest BCUT2D eigenvalue weighted by molar-refractivity contribution is 5.87. The van der Waals surface area contributed by atoms with Gasteiger partial charge in [-0.2, -0.15) is 0 Å². The second kappa shape index (κ2) is 3.99. The molecule has 0 unspecified atom stereocenters. The standard InChI is InChI=1S/C16H21NO2/c1-11-15(2,3)12-6-7-16(11,9-12)14(18)17-10-13-5-4-8-19-13/h4-5,8,12H,1,6-7,9-10H2,2-3H3,(H,17,18)/t12-,16+/m0/s1. The van der Waals surface area contributed by atoms with Crippen LogP contribution in [0.5, 0.6) is 0 Å². The highest BCUT2D eigenvalue weighted by Gasteiger charge is 2.60. The minimum absolute atomic E-state index is 0.0975. The van der Waals surface area contributed by atoms with E-state index >= 15 is 0 Å². The number of amides is 1. The van der Waals surface area contributed by atoms with Crippen LogP contribution in [0.15, 0.2) is 35.0 Å². The third-order valence-electron chi connectivity index (χ3n) is 5.33. The SMILES string of the molecule is C=C1C(C)(C)[C@H]2CC[C@@]1(C(=O)NCc1ccco1)C2. The van der Waals surface area contributed by atoms with Crippen LogP contribution in [0.2, 0.25) is 0 Å². The summed E-state index contributed by atoms with van der Waals surface area (Å²) in [5.74, 6) is 1.53. The molecule has 0 saturated heterocycles. The summed E-state index contributed by atoms with van der Waals surface area (Å²) in [5, 5.41) is 3.02. The van der Waals surface area contributed by atoms with Crippen LogP contribution in [0, 0.1) is 16.7 Å². The van der Waals surface area contributed by atoms with E-state index in [4.69, 9.17) is 4.42 Å². The van der Waals surface area contributed by atoms with Gasteiger partial charge in [0.05, 0.1) is 18.2 Å². The van der Waals surface area contributed by atoms with E-state index in [2.05, 4.69) is 25.7 Å². The van der Waals surface area contributed by atoms with Crippen LogP contribution in [0.1, 0.15) is 38.9 Å². The largest absolute Gasteiger partial charge is 0.467 e. The number of fused-ring (bicyclic) bond motifs is 2. The highest BCUT2D eigenvalue weighted by atomic mass is 16.3. The maximum atomic E-state index is 12.6. The molecule has 0 radical (unpaired) electrons. The highest BCUT2D eigenvalue weighted by Crippen LogP contribution is 2.65. The van der Waals surface area contributed by atoms with E-state index in [9.17, 15) is 4.79 Å².